The van der Waals surface area contributed by atoms with Crippen LogP contribution in [0.1, 0.15) is 12.8 Å². The summed E-state index contributed by atoms with van der Waals surface area (Å²) in [5, 5.41) is 0.608. The van der Waals surface area contributed by atoms with Gasteiger partial charge in [0.1, 0.15) is 6.54 Å². The molecule has 0 bridgehead atoms. The summed E-state index contributed by atoms with van der Waals surface area (Å²) in [7, 11) is 8.33. The monoisotopic (exact) mass is 217 g/mol. The van der Waals surface area contributed by atoms with Gasteiger partial charge >= 0.3 is 0 Å². The predicted octanol–water partition coefficient (Wildman–Crippen LogP) is 1.09. The van der Waals surface area contributed by atoms with Crippen molar-refractivity contribution in [1.29, 1.82) is 0 Å². The van der Waals surface area contributed by atoms with E-state index in [4.69, 9.17) is 17.0 Å². The first-order chi connectivity index (χ1) is 6.41. The second-order valence-electron chi connectivity index (χ2n) is 4.88. The molecule has 0 saturated carbocycles. The van der Waals surface area contributed by atoms with Crippen LogP contribution in [0.5, 0.6) is 0 Å². The van der Waals surface area contributed by atoms with Gasteiger partial charge in [-0.1, -0.05) is 0 Å². The lowest BCUT2D eigenvalue weighted by atomic mass is 10.1. The van der Waals surface area contributed by atoms with Crippen molar-refractivity contribution in [3.63, 3.8) is 0 Å². The van der Waals surface area contributed by atoms with Crippen LogP contribution in [-0.2, 0) is 4.74 Å². The number of piperidine rings is 1. The number of hydrogen-bond acceptors (Lipinski definition) is 2. The van der Waals surface area contributed by atoms with Gasteiger partial charge in [0.2, 0.25) is 0 Å². The number of ether oxygens (including phenoxy) is 1. The van der Waals surface area contributed by atoms with Gasteiger partial charge in [-0.05, 0) is 18.6 Å². The SMILES string of the molecule is CN(C)C(=S)OC1CCC[N+](C)(C)C1. The van der Waals surface area contributed by atoms with Crippen LogP contribution in [-0.4, -0.2) is 61.9 Å². The van der Waals surface area contributed by atoms with E-state index in [0.29, 0.717) is 11.3 Å². The highest BCUT2D eigenvalue weighted by molar-refractivity contribution is 7.80. The van der Waals surface area contributed by atoms with Crippen LogP contribution in [0.15, 0.2) is 0 Å². The first kappa shape index (κ1) is 11.7. The summed E-state index contributed by atoms with van der Waals surface area (Å²) in [5.41, 5.74) is 0. The summed E-state index contributed by atoms with van der Waals surface area (Å²) in [4.78, 5) is 1.85. The summed E-state index contributed by atoms with van der Waals surface area (Å²) in [6.07, 6.45) is 2.66. The molecule has 1 heterocycles. The number of thiocarbonyl (C=S) groups is 1. The molecule has 0 aromatic heterocycles. The Hall–Kier alpha value is -0.350. The van der Waals surface area contributed by atoms with Crippen molar-refractivity contribution in [2.24, 2.45) is 0 Å². The lowest BCUT2D eigenvalue weighted by molar-refractivity contribution is -0.898. The quantitative estimate of drug-likeness (QED) is 0.482. The molecule has 82 valence electrons. The van der Waals surface area contributed by atoms with E-state index < -0.39 is 0 Å². The Kier molecular flexibility index (Phi) is 3.72. The minimum Gasteiger partial charge on any atom is -0.462 e. The van der Waals surface area contributed by atoms with E-state index in [-0.39, 0.29) is 0 Å². The molecule has 0 amide bonds. The van der Waals surface area contributed by atoms with Gasteiger partial charge in [0, 0.05) is 20.5 Å². The summed E-state index contributed by atoms with van der Waals surface area (Å²) in [6.45, 7) is 2.31. The molecule has 3 nitrogen and oxygen atoms in total. The second-order valence-corrected chi connectivity index (χ2v) is 5.23. The lowest BCUT2D eigenvalue weighted by Gasteiger charge is -2.38. The molecule has 0 spiro atoms. The Morgan fingerprint density at radius 2 is 2.07 bits per heavy atom. The summed E-state index contributed by atoms with van der Waals surface area (Å²) >= 11 is 5.13. The molecule has 0 aliphatic carbocycles. The van der Waals surface area contributed by atoms with Gasteiger partial charge in [-0.2, -0.15) is 0 Å². The molecule has 1 fully saturated rings. The third kappa shape index (κ3) is 3.42. The molecule has 1 unspecified atom stereocenters. The topological polar surface area (TPSA) is 12.5 Å². The molecular formula is C10H21N2OS+. The van der Waals surface area contributed by atoms with Crippen LogP contribution in [0.2, 0.25) is 0 Å². The number of likely N-dealkylation sites (tertiary alicyclic amines) is 1. The standard InChI is InChI=1S/C10H21N2OS/c1-11(2)10(14)13-9-6-5-7-12(3,4)8-9/h9H,5-8H2,1-4H3/q+1. The molecular weight excluding hydrogens is 196 g/mol. The Balaban J connectivity index is 2.42. The predicted molar refractivity (Wildman–Crippen MR) is 62.2 cm³/mol. The van der Waals surface area contributed by atoms with E-state index in [9.17, 15) is 0 Å². The molecule has 0 aromatic carbocycles. The van der Waals surface area contributed by atoms with Gasteiger partial charge in [-0.3, -0.25) is 0 Å². The third-order valence-electron chi connectivity index (χ3n) is 2.62. The third-order valence-corrected chi connectivity index (χ3v) is 3.08. The van der Waals surface area contributed by atoms with E-state index in [2.05, 4.69) is 14.1 Å². The number of quaternary nitrogens is 1. The highest BCUT2D eigenvalue weighted by Gasteiger charge is 2.29. The molecule has 0 N–H and O–H groups in total. The highest BCUT2D eigenvalue weighted by atomic mass is 32.1. The first-order valence-corrected chi connectivity index (χ1v) is 5.51. The molecule has 0 aromatic rings. The van der Waals surface area contributed by atoms with Crippen molar-refractivity contribution in [3.05, 3.63) is 0 Å². The fourth-order valence-corrected chi connectivity index (χ4v) is 1.96. The Morgan fingerprint density at radius 3 is 2.57 bits per heavy atom. The maximum atomic E-state index is 5.73. The number of nitrogens with zero attached hydrogens (tertiary/aromatic N) is 2. The zero-order chi connectivity index (χ0) is 10.8. The van der Waals surface area contributed by atoms with Gasteiger partial charge in [-0.25, -0.2) is 0 Å². The molecule has 1 saturated heterocycles. The number of likely N-dealkylation sites (N-methyl/N-ethyl adjacent to an activating group) is 1. The number of hydrogen-bond donors (Lipinski definition) is 0. The van der Waals surface area contributed by atoms with Crippen molar-refractivity contribution in [2.45, 2.75) is 18.9 Å². The maximum Gasteiger partial charge on any atom is 0.259 e. The molecule has 1 aliphatic rings. The van der Waals surface area contributed by atoms with Crippen molar-refractivity contribution in [2.75, 3.05) is 41.3 Å². The van der Waals surface area contributed by atoms with Crippen molar-refractivity contribution < 1.29 is 9.22 Å². The van der Waals surface area contributed by atoms with Crippen LogP contribution in [0.4, 0.5) is 0 Å². The Bertz CT molecular complexity index is 216. The zero-order valence-electron chi connectivity index (χ0n) is 9.62. The molecule has 14 heavy (non-hydrogen) atoms. The summed E-state index contributed by atoms with van der Waals surface area (Å²) in [5.74, 6) is 0. The van der Waals surface area contributed by atoms with Crippen LogP contribution in [0, 0.1) is 0 Å². The Morgan fingerprint density at radius 1 is 1.43 bits per heavy atom. The summed E-state index contributed by atoms with van der Waals surface area (Å²) in [6, 6.07) is 0. The molecule has 0 radical (unpaired) electrons. The minimum absolute atomic E-state index is 0.300. The van der Waals surface area contributed by atoms with E-state index in [0.717, 1.165) is 17.4 Å². The van der Waals surface area contributed by atoms with E-state index in [1.54, 1.807) is 0 Å². The van der Waals surface area contributed by atoms with Crippen LogP contribution >= 0.6 is 12.2 Å². The van der Waals surface area contributed by atoms with Gasteiger partial charge in [0.15, 0.2) is 6.10 Å². The molecule has 1 aliphatic heterocycles. The molecule has 4 heteroatoms. The maximum absolute atomic E-state index is 5.73. The van der Waals surface area contributed by atoms with Crippen molar-refractivity contribution in [3.8, 4) is 0 Å². The van der Waals surface area contributed by atoms with Crippen LogP contribution in [0.25, 0.3) is 0 Å². The van der Waals surface area contributed by atoms with Gasteiger partial charge < -0.3 is 14.1 Å². The normalized spacial score (nSPS) is 25.6. The van der Waals surface area contributed by atoms with Crippen molar-refractivity contribution >= 4 is 17.4 Å². The van der Waals surface area contributed by atoms with E-state index in [1.807, 2.05) is 19.0 Å². The van der Waals surface area contributed by atoms with Crippen LogP contribution < -0.4 is 0 Å². The van der Waals surface area contributed by atoms with Gasteiger partial charge in [-0.15, -0.1) is 0 Å². The average Bonchev–Trinajstić information content (AvgIpc) is 2.01. The second kappa shape index (κ2) is 4.45. The summed E-state index contributed by atoms with van der Waals surface area (Å²) < 4.78 is 6.77. The molecule has 1 rings (SSSR count). The minimum atomic E-state index is 0.300. The van der Waals surface area contributed by atoms with Crippen molar-refractivity contribution in [1.82, 2.24) is 4.90 Å². The van der Waals surface area contributed by atoms with E-state index in [1.165, 1.54) is 13.0 Å². The molecule has 1 atom stereocenters. The van der Waals surface area contributed by atoms with Crippen LogP contribution in [0.3, 0.4) is 0 Å². The number of rotatable bonds is 1. The first-order valence-electron chi connectivity index (χ1n) is 5.11. The van der Waals surface area contributed by atoms with Gasteiger partial charge in [0.25, 0.3) is 5.17 Å². The van der Waals surface area contributed by atoms with E-state index >= 15 is 0 Å². The lowest BCUT2D eigenvalue weighted by Crippen LogP contribution is -2.51. The van der Waals surface area contributed by atoms with Gasteiger partial charge in [0.05, 0.1) is 20.6 Å². The highest BCUT2D eigenvalue weighted by Crippen LogP contribution is 2.17. The fourth-order valence-electron chi connectivity index (χ4n) is 1.83. The zero-order valence-corrected chi connectivity index (χ0v) is 10.4. The smallest absolute Gasteiger partial charge is 0.259 e. The average molecular weight is 217 g/mol. The Labute approximate surface area is 92.2 Å². The fraction of sp³-hybridized carbons (Fsp3) is 0.900. The largest absolute Gasteiger partial charge is 0.462 e.